The van der Waals surface area contributed by atoms with E-state index in [-0.39, 0.29) is 12.8 Å². The van der Waals surface area contributed by atoms with Gasteiger partial charge in [-0.1, -0.05) is 39.5 Å². The summed E-state index contributed by atoms with van der Waals surface area (Å²) in [5.41, 5.74) is -1.79. The number of carboxylic acid groups (broad SMARTS) is 2. The molecule has 0 aliphatic carbocycles. The van der Waals surface area contributed by atoms with E-state index in [1.807, 2.05) is 6.92 Å². The molecule has 18 heavy (non-hydrogen) atoms. The zero-order valence-electron chi connectivity index (χ0n) is 11.0. The summed E-state index contributed by atoms with van der Waals surface area (Å²) in [5, 5.41) is 27.6. The maximum Gasteiger partial charge on any atom is 0.324 e. The summed E-state index contributed by atoms with van der Waals surface area (Å²) in [6, 6.07) is 1.76. The summed E-state index contributed by atoms with van der Waals surface area (Å²) in [4.78, 5) is 22.6. The Morgan fingerprint density at radius 2 is 1.83 bits per heavy atom. The molecule has 102 valence electrons. The van der Waals surface area contributed by atoms with Crippen molar-refractivity contribution >= 4 is 11.9 Å². The molecule has 0 bridgehead atoms. The fourth-order valence-corrected chi connectivity index (χ4v) is 2.14. The molecule has 0 aliphatic heterocycles. The van der Waals surface area contributed by atoms with Crippen molar-refractivity contribution in [2.45, 2.75) is 52.4 Å². The minimum atomic E-state index is -1.79. The molecule has 0 rings (SSSR count). The van der Waals surface area contributed by atoms with E-state index in [0.717, 1.165) is 12.8 Å². The van der Waals surface area contributed by atoms with E-state index in [9.17, 15) is 20.0 Å². The van der Waals surface area contributed by atoms with Crippen LogP contribution in [0.2, 0.25) is 0 Å². The van der Waals surface area contributed by atoms with Crippen molar-refractivity contribution in [3.8, 4) is 6.07 Å². The third-order valence-electron chi connectivity index (χ3n) is 3.23. The fourth-order valence-electron chi connectivity index (χ4n) is 2.14. The van der Waals surface area contributed by atoms with Gasteiger partial charge >= 0.3 is 11.9 Å². The predicted molar refractivity (Wildman–Crippen MR) is 65.9 cm³/mol. The standard InChI is InChI=1S/C13H21NO4/c1-3-5-6-8-13(9-14,12(17)18)10(7-4-2)11(15)16/h10H,3-8H2,1-2H3,(H,15,16)(H,17,18). The molecule has 0 aromatic carbocycles. The lowest BCUT2D eigenvalue weighted by Gasteiger charge is -2.28. The van der Waals surface area contributed by atoms with Crippen molar-refractivity contribution in [3.05, 3.63) is 0 Å². The Kier molecular flexibility index (Phi) is 7.03. The first-order chi connectivity index (χ1) is 8.46. The van der Waals surface area contributed by atoms with E-state index in [1.54, 1.807) is 13.0 Å². The highest BCUT2D eigenvalue weighted by atomic mass is 16.4. The molecule has 0 aromatic rings. The lowest BCUT2D eigenvalue weighted by molar-refractivity contribution is -0.159. The van der Waals surface area contributed by atoms with E-state index in [1.165, 1.54) is 0 Å². The smallest absolute Gasteiger partial charge is 0.324 e. The third kappa shape index (κ3) is 3.73. The minimum Gasteiger partial charge on any atom is -0.481 e. The van der Waals surface area contributed by atoms with Gasteiger partial charge in [0.2, 0.25) is 0 Å². The molecule has 0 radical (unpaired) electrons. The van der Waals surface area contributed by atoms with E-state index < -0.39 is 23.3 Å². The molecule has 2 atom stereocenters. The molecule has 0 fully saturated rings. The average molecular weight is 255 g/mol. The number of hydrogen-bond acceptors (Lipinski definition) is 3. The van der Waals surface area contributed by atoms with E-state index in [2.05, 4.69) is 0 Å². The SMILES string of the molecule is CCCCCC(C#N)(C(=O)O)C(CCC)C(=O)O. The van der Waals surface area contributed by atoms with Gasteiger partial charge in [0.25, 0.3) is 0 Å². The normalized spacial score (nSPS) is 15.4. The number of carbonyl (C=O) groups is 2. The monoisotopic (exact) mass is 255 g/mol. The summed E-state index contributed by atoms with van der Waals surface area (Å²) in [5.74, 6) is -3.65. The van der Waals surface area contributed by atoms with Crippen LogP contribution in [-0.4, -0.2) is 22.2 Å². The zero-order chi connectivity index (χ0) is 14.2. The molecule has 0 aliphatic rings. The van der Waals surface area contributed by atoms with Crippen molar-refractivity contribution < 1.29 is 19.8 Å². The van der Waals surface area contributed by atoms with Crippen molar-refractivity contribution in [2.75, 3.05) is 0 Å². The number of nitrogens with zero attached hydrogens (tertiary/aromatic N) is 1. The lowest BCUT2D eigenvalue weighted by atomic mass is 9.71. The largest absolute Gasteiger partial charge is 0.481 e. The summed E-state index contributed by atoms with van der Waals surface area (Å²) >= 11 is 0. The van der Waals surface area contributed by atoms with E-state index >= 15 is 0 Å². The molecule has 0 aromatic heterocycles. The Labute approximate surface area is 107 Å². The van der Waals surface area contributed by atoms with Gasteiger partial charge < -0.3 is 10.2 Å². The van der Waals surface area contributed by atoms with Gasteiger partial charge in [-0.15, -0.1) is 0 Å². The van der Waals surface area contributed by atoms with E-state index in [0.29, 0.717) is 12.8 Å². The fraction of sp³-hybridized carbons (Fsp3) is 0.769. The van der Waals surface area contributed by atoms with Gasteiger partial charge in [0.15, 0.2) is 5.41 Å². The summed E-state index contributed by atoms with van der Waals surface area (Å²) in [6.07, 6.45) is 3.11. The topological polar surface area (TPSA) is 98.4 Å². The molecule has 0 saturated carbocycles. The van der Waals surface area contributed by atoms with Gasteiger partial charge in [-0.25, -0.2) is 0 Å². The highest BCUT2D eigenvalue weighted by molar-refractivity contribution is 5.86. The maximum atomic E-state index is 11.4. The third-order valence-corrected chi connectivity index (χ3v) is 3.23. The Balaban J connectivity index is 5.21. The first kappa shape index (κ1) is 16.4. The summed E-state index contributed by atoms with van der Waals surface area (Å²) in [6.45, 7) is 3.75. The number of nitriles is 1. The summed E-state index contributed by atoms with van der Waals surface area (Å²) < 4.78 is 0. The van der Waals surface area contributed by atoms with Crippen molar-refractivity contribution in [1.82, 2.24) is 0 Å². The van der Waals surface area contributed by atoms with Crippen molar-refractivity contribution in [2.24, 2.45) is 11.3 Å². The molecule has 5 heteroatoms. The summed E-state index contributed by atoms with van der Waals surface area (Å²) in [7, 11) is 0. The van der Waals surface area contributed by atoms with Crippen LogP contribution < -0.4 is 0 Å². The predicted octanol–water partition coefficient (Wildman–Crippen LogP) is 2.66. The van der Waals surface area contributed by atoms with Crippen LogP contribution in [0.5, 0.6) is 0 Å². The van der Waals surface area contributed by atoms with Gasteiger partial charge in [-0.05, 0) is 12.8 Å². The van der Waals surface area contributed by atoms with Gasteiger partial charge in [-0.2, -0.15) is 5.26 Å². The van der Waals surface area contributed by atoms with Crippen LogP contribution in [0.4, 0.5) is 0 Å². The maximum absolute atomic E-state index is 11.4. The number of carboxylic acids is 2. The van der Waals surface area contributed by atoms with Gasteiger partial charge in [0.1, 0.15) is 0 Å². The Morgan fingerprint density at radius 1 is 1.22 bits per heavy atom. The highest BCUT2D eigenvalue weighted by Gasteiger charge is 2.49. The Hall–Kier alpha value is -1.57. The van der Waals surface area contributed by atoms with Crippen LogP contribution in [0.15, 0.2) is 0 Å². The molecular formula is C13H21NO4. The van der Waals surface area contributed by atoms with Crippen LogP contribution in [0.25, 0.3) is 0 Å². The number of hydrogen-bond donors (Lipinski definition) is 2. The van der Waals surface area contributed by atoms with E-state index in [4.69, 9.17) is 5.11 Å². The number of aliphatic carboxylic acids is 2. The van der Waals surface area contributed by atoms with Crippen LogP contribution in [0.3, 0.4) is 0 Å². The average Bonchev–Trinajstić information content (AvgIpc) is 2.32. The van der Waals surface area contributed by atoms with Crippen LogP contribution >= 0.6 is 0 Å². The first-order valence-corrected chi connectivity index (χ1v) is 6.33. The second kappa shape index (κ2) is 7.70. The first-order valence-electron chi connectivity index (χ1n) is 6.33. The molecule has 0 amide bonds. The highest BCUT2D eigenvalue weighted by Crippen LogP contribution is 2.37. The van der Waals surface area contributed by atoms with Crippen LogP contribution in [0.1, 0.15) is 52.4 Å². The number of unbranched alkanes of at least 4 members (excludes halogenated alkanes) is 2. The lowest BCUT2D eigenvalue weighted by Crippen LogP contribution is -2.41. The molecule has 2 N–H and O–H groups in total. The quantitative estimate of drug-likeness (QED) is 0.617. The second-order valence-corrected chi connectivity index (χ2v) is 4.52. The second-order valence-electron chi connectivity index (χ2n) is 4.52. The van der Waals surface area contributed by atoms with Gasteiger partial charge in [0.05, 0.1) is 12.0 Å². The van der Waals surface area contributed by atoms with Gasteiger partial charge in [-0.3, -0.25) is 9.59 Å². The molecule has 2 unspecified atom stereocenters. The molecule has 5 nitrogen and oxygen atoms in total. The molecule has 0 saturated heterocycles. The minimum absolute atomic E-state index is 0.101. The molecule has 0 spiro atoms. The van der Waals surface area contributed by atoms with Crippen molar-refractivity contribution in [1.29, 1.82) is 5.26 Å². The zero-order valence-corrected chi connectivity index (χ0v) is 11.0. The van der Waals surface area contributed by atoms with Crippen LogP contribution in [-0.2, 0) is 9.59 Å². The van der Waals surface area contributed by atoms with Crippen molar-refractivity contribution in [3.63, 3.8) is 0 Å². The molecule has 0 heterocycles. The molecular weight excluding hydrogens is 234 g/mol. The number of rotatable bonds is 9. The van der Waals surface area contributed by atoms with Gasteiger partial charge in [0, 0.05) is 0 Å². The Morgan fingerprint density at radius 3 is 2.17 bits per heavy atom. The Bertz CT molecular complexity index is 334. The van der Waals surface area contributed by atoms with Crippen LogP contribution in [0, 0.1) is 22.7 Å².